The van der Waals surface area contributed by atoms with E-state index >= 15 is 0 Å². The summed E-state index contributed by atoms with van der Waals surface area (Å²) in [5.41, 5.74) is 1.75. The van der Waals surface area contributed by atoms with Gasteiger partial charge in [0.1, 0.15) is 0 Å². The summed E-state index contributed by atoms with van der Waals surface area (Å²) >= 11 is 1.63. The van der Waals surface area contributed by atoms with Gasteiger partial charge in [0, 0.05) is 16.0 Å². The van der Waals surface area contributed by atoms with Gasteiger partial charge in [-0.2, -0.15) is 0 Å². The Morgan fingerprint density at radius 2 is 1.50 bits per heavy atom. The van der Waals surface area contributed by atoms with Gasteiger partial charge in [-0.15, -0.1) is 11.3 Å². The first-order valence-electron chi connectivity index (χ1n) is 6.68. The highest BCUT2D eigenvalue weighted by molar-refractivity contribution is 7.13. The van der Waals surface area contributed by atoms with Gasteiger partial charge in [0.05, 0.1) is 5.56 Å². The van der Waals surface area contributed by atoms with Crippen molar-refractivity contribution in [2.24, 2.45) is 0 Å². The second-order valence-electron chi connectivity index (χ2n) is 4.73. The van der Waals surface area contributed by atoms with E-state index < -0.39 is 5.97 Å². The minimum absolute atomic E-state index is 0.0230. The molecule has 1 heterocycles. The molecule has 0 spiro atoms. The molecule has 3 rings (SSSR count). The molecule has 0 unspecified atom stereocenters. The third-order valence-corrected chi connectivity index (χ3v) is 4.27. The molecule has 1 aromatic heterocycles. The zero-order valence-electron chi connectivity index (χ0n) is 11.5. The van der Waals surface area contributed by atoms with E-state index in [0.717, 1.165) is 10.4 Å². The van der Waals surface area contributed by atoms with Crippen molar-refractivity contribution in [1.82, 2.24) is 0 Å². The van der Waals surface area contributed by atoms with E-state index in [1.54, 1.807) is 41.7 Å². The Labute approximate surface area is 131 Å². The van der Waals surface area contributed by atoms with E-state index in [4.69, 9.17) is 0 Å². The molecule has 0 bridgehead atoms. The van der Waals surface area contributed by atoms with Gasteiger partial charge >= 0.3 is 5.97 Å². The lowest BCUT2D eigenvalue weighted by Gasteiger charge is -2.06. The molecule has 108 valence electrons. The summed E-state index contributed by atoms with van der Waals surface area (Å²) in [4.78, 5) is 24.9. The average molecular weight is 308 g/mol. The molecule has 2 aromatic carbocycles. The van der Waals surface area contributed by atoms with Crippen LogP contribution < -0.4 is 0 Å². The van der Waals surface area contributed by atoms with Gasteiger partial charge in [-0.05, 0) is 23.1 Å². The summed E-state index contributed by atoms with van der Waals surface area (Å²) in [6.07, 6.45) is 0. The summed E-state index contributed by atoms with van der Waals surface area (Å²) in [5, 5.41) is 11.2. The average Bonchev–Trinajstić information content (AvgIpc) is 3.09. The van der Waals surface area contributed by atoms with Crippen molar-refractivity contribution in [3.05, 3.63) is 82.7 Å². The topological polar surface area (TPSA) is 54.4 Å². The number of carbonyl (C=O) groups excluding carboxylic acids is 1. The van der Waals surface area contributed by atoms with Crippen molar-refractivity contribution in [3.63, 3.8) is 0 Å². The van der Waals surface area contributed by atoms with Crippen LogP contribution in [-0.4, -0.2) is 16.9 Å². The van der Waals surface area contributed by atoms with Gasteiger partial charge in [0.25, 0.3) is 0 Å². The first-order chi connectivity index (χ1) is 10.7. The second kappa shape index (κ2) is 5.95. The molecular weight excluding hydrogens is 296 g/mol. The van der Waals surface area contributed by atoms with Gasteiger partial charge in [0.2, 0.25) is 0 Å². The van der Waals surface area contributed by atoms with Crippen LogP contribution in [0.3, 0.4) is 0 Å². The maximum absolute atomic E-state index is 12.5. The third kappa shape index (κ3) is 2.69. The molecule has 0 saturated carbocycles. The van der Waals surface area contributed by atoms with Crippen molar-refractivity contribution in [2.45, 2.75) is 0 Å². The summed E-state index contributed by atoms with van der Waals surface area (Å²) in [7, 11) is 0. The fourth-order valence-corrected chi connectivity index (χ4v) is 2.98. The van der Waals surface area contributed by atoms with Crippen LogP contribution in [-0.2, 0) is 0 Å². The Bertz CT molecular complexity index is 818. The van der Waals surface area contributed by atoms with E-state index in [9.17, 15) is 14.7 Å². The third-order valence-electron chi connectivity index (χ3n) is 3.35. The zero-order valence-corrected chi connectivity index (χ0v) is 12.3. The lowest BCUT2D eigenvalue weighted by atomic mass is 9.97. The normalized spacial score (nSPS) is 10.4. The summed E-state index contributed by atoms with van der Waals surface area (Å²) in [6, 6.07) is 17.5. The Morgan fingerprint density at radius 3 is 2.09 bits per heavy atom. The minimum atomic E-state index is -1.10. The molecular formula is C18H12O3S. The minimum Gasteiger partial charge on any atom is -0.478 e. The Morgan fingerprint density at radius 1 is 0.818 bits per heavy atom. The van der Waals surface area contributed by atoms with E-state index in [0.29, 0.717) is 5.56 Å². The van der Waals surface area contributed by atoms with E-state index in [2.05, 4.69) is 0 Å². The highest BCUT2D eigenvalue weighted by atomic mass is 32.1. The first kappa shape index (κ1) is 14.2. The molecule has 4 heteroatoms. The number of aromatic carboxylic acids is 1. The quantitative estimate of drug-likeness (QED) is 0.729. The Balaban J connectivity index is 1.95. The van der Waals surface area contributed by atoms with Crippen LogP contribution in [0.5, 0.6) is 0 Å². The second-order valence-corrected chi connectivity index (χ2v) is 5.68. The molecule has 0 amide bonds. The van der Waals surface area contributed by atoms with Crippen LogP contribution in [0, 0.1) is 0 Å². The van der Waals surface area contributed by atoms with Crippen molar-refractivity contribution in [3.8, 4) is 10.4 Å². The fourth-order valence-electron chi connectivity index (χ4n) is 2.25. The highest BCUT2D eigenvalue weighted by Crippen LogP contribution is 2.25. The summed E-state index contributed by atoms with van der Waals surface area (Å²) in [5.74, 6) is -1.38. The smallest absolute Gasteiger partial charge is 0.336 e. The van der Waals surface area contributed by atoms with Crippen LogP contribution in [0.25, 0.3) is 10.4 Å². The highest BCUT2D eigenvalue weighted by Gasteiger charge is 2.17. The molecule has 0 saturated heterocycles. The van der Waals surface area contributed by atoms with Gasteiger partial charge < -0.3 is 5.11 Å². The van der Waals surface area contributed by atoms with Crippen molar-refractivity contribution in [1.29, 1.82) is 0 Å². The van der Waals surface area contributed by atoms with E-state index in [1.165, 1.54) is 6.07 Å². The number of ketones is 1. The van der Waals surface area contributed by atoms with Crippen LogP contribution in [0.2, 0.25) is 0 Å². The molecule has 0 aliphatic rings. The van der Waals surface area contributed by atoms with Crippen LogP contribution in [0.15, 0.2) is 66.0 Å². The molecule has 3 aromatic rings. The van der Waals surface area contributed by atoms with Gasteiger partial charge in [-0.1, -0.05) is 48.5 Å². The lowest BCUT2D eigenvalue weighted by molar-refractivity contribution is 0.0693. The number of thiophene rings is 1. The fraction of sp³-hybridized carbons (Fsp3) is 0. The van der Waals surface area contributed by atoms with Crippen LogP contribution >= 0.6 is 11.3 Å². The first-order valence-corrected chi connectivity index (χ1v) is 7.56. The van der Waals surface area contributed by atoms with Crippen molar-refractivity contribution >= 4 is 23.1 Å². The number of carboxylic acid groups (broad SMARTS) is 1. The predicted molar refractivity (Wildman–Crippen MR) is 86.6 cm³/mol. The number of rotatable bonds is 4. The number of hydrogen-bond acceptors (Lipinski definition) is 3. The van der Waals surface area contributed by atoms with Crippen molar-refractivity contribution < 1.29 is 14.7 Å². The Kier molecular flexibility index (Phi) is 3.85. The molecule has 0 aliphatic carbocycles. The number of carbonyl (C=O) groups is 2. The standard InChI is InChI=1S/C18H12O3S/c19-17(14-4-1-2-5-15(14)18(20)21)13-9-7-12(8-10-13)16-6-3-11-22-16/h1-11H,(H,20,21). The molecule has 0 radical (unpaired) electrons. The number of benzene rings is 2. The monoisotopic (exact) mass is 308 g/mol. The van der Waals surface area contributed by atoms with Crippen molar-refractivity contribution in [2.75, 3.05) is 0 Å². The largest absolute Gasteiger partial charge is 0.478 e. The maximum atomic E-state index is 12.5. The predicted octanol–water partition coefficient (Wildman–Crippen LogP) is 4.34. The Hall–Kier alpha value is -2.72. The molecule has 0 fully saturated rings. The number of carboxylic acids is 1. The molecule has 3 nitrogen and oxygen atoms in total. The van der Waals surface area contributed by atoms with E-state index in [-0.39, 0.29) is 16.9 Å². The van der Waals surface area contributed by atoms with Crippen LogP contribution in [0.1, 0.15) is 26.3 Å². The summed E-state index contributed by atoms with van der Waals surface area (Å²) in [6.45, 7) is 0. The van der Waals surface area contributed by atoms with Gasteiger partial charge in [-0.25, -0.2) is 4.79 Å². The van der Waals surface area contributed by atoms with Gasteiger partial charge in [-0.3, -0.25) is 4.79 Å². The lowest BCUT2D eigenvalue weighted by Crippen LogP contribution is -2.09. The number of hydrogen-bond donors (Lipinski definition) is 1. The molecule has 0 aliphatic heterocycles. The molecule has 22 heavy (non-hydrogen) atoms. The van der Waals surface area contributed by atoms with Crippen LogP contribution in [0.4, 0.5) is 0 Å². The van der Waals surface area contributed by atoms with Gasteiger partial charge in [0.15, 0.2) is 5.78 Å². The zero-order chi connectivity index (χ0) is 15.5. The van der Waals surface area contributed by atoms with E-state index in [1.807, 2.05) is 29.6 Å². The maximum Gasteiger partial charge on any atom is 0.336 e. The molecule has 0 atom stereocenters. The SMILES string of the molecule is O=C(O)c1ccccc1C(=O)c1ccc(-c2cccs2)cc1. The molecule has 1 N–H and O–H groups in total. The summed E-state index contributed by atoms with van der Waals surface area (Å²) < 4.78 is 0.